The predicted molar refractivity (Wildman–Crippen MR) is 68.4 cm³/mol. The zero-order valence-electron chi connectivity index (χ0n) is 10.5. The Morgan fingerprint density at radius 3 is 2.78 bits per heavy atom. The highest BCUT2D eigenvalue weighted by atomic mass is 16.5. The molecule has 18 heavy (non-hydrogen) atoms. The van der Waals surface area contributed by atoms with Crippen molar-refractivity contribution in [2.75, 3.05) is 31.2 Å². The number of nitrogens with zero attached hydrogens (tertiary/aromatic N) is 2. The average Bonchev–Trinajstić information content (AvgIpc) is 2.45. The molecular formula is C13H20N2O3. The first-order chi connectivity index (χ1) is 8.85. The van der Waals surface area contributed by atoms with Crippen LogP contribution in [0.3, 0.4) is 0 Å². The highest BCUT2D eigenvalue weighted by Crippen LogP contribution is 2.22. The Morgan fingerprint density at radius 1 is 1.33 bits per heavy atom. The first-order valence-corrected chi connectivity index (χ1v) is 6.37. The van der Waals surface area contributed by atoms with E-state index >= 15 is 0 Å². The molecule has 1 aromatic heterocycles. The van der Waals surface area contributed by atoms with Gasteiger partial charge in [-0.3, -0.25) is 0 Å². The second kappa shape index (κ2) is 6.68. The molecule has 0 unspecified atom stereocenters. The Balaban J connectivity index is 1.92. The molecule has 0 radical (unpaired) electrons. The molecule has 0 spiro atoms. The molecule has 2 heterocycles. The van der Waals surface area contributed by atoms with E-state index in [0.29, 0.717) is 6.61 Å². The minimum absolute atomic E-state index is 0.0180. The van der Waals surface area contributed by atoms with Crippen molar-refractivity contribution in [1.29, 1.82) is 0 Å². The summed E-state index contributed by atoms with van der Waals surface area (Å²) in [5, 5.41) is 18.0. The largest absolute Gasteiger partial charge is 0.394 e. The van der Waals surface area contributed by atoms with Crippen molar-refractivity contribution in [3.63, 3.8) is 0 Å². The smallest absolute Gasteiger partial charge is 0.134 e. The third kappa shape index (κ3) is 3.19. The van der Waals surface area contributed by atoms with Gasteiger partial charge in [-0.15, -0.1) is 0 Å². The second-order valence-corrected chi connectivity index (χ2v) is 4.43. The third-order valence-electron chi connectivity index (χ3n) is 3.22. The molecule has 1 aliphatic rings. The lowest BCUT2D eigenvalue weighted by Gasteiger charge is -2.33. The highest BCUT2D eigenvalue weighted by molar-refractivity contribution is 5.46. The lowest BCUT2D eigenvalue weighted by Crippen LogP contribution is -2.38. The minimum Gasteiger partial charge on any atom is -0.394 e. The van der Waals surface area contributed by atoms with E-state index in [4.69, 9.17) is 9.84 Å². The van der Waals surface area contributed by atoms with E-state index in [1.54, 1.807) is 6.20 Å². The standard InChI is InChI=1S/C13H20N2O3/c16-8-9-18-12-3-6-15(7-4-12)13-11(10-17)2-1-5-14-13/h1-2,5,12,16-17H,3-4,6-10H2. The van der Waals surface area contributed by atoms with Crippen LogP contribution in [0.1, 0.15) is 18.4 Å². The molecule has 0 atom stereocenters. The van der Waals surface area contributed by atoms with Gasteiger partial charge in [0.2, 0.25) is 0 Å². The number of pyridine rings is 1. The van der Waals surface area contributed by atoms with Gasteiger partial charge in [0.05, 0.1) is 25.9 Å². The maximum Gasteiger partial charge on any atom is 0.134 e. The number of aliphatic hydroxyl groups is 2. The summed E-state index contributed by atoms with van der Waals surface area (Å²) in [5.74, 6) is 0.876. The van der Waals surface area contributed by atoms with Gasteiger partial charge in [-0.2, -0.15) is 0 Å². The van der Waals surface area contributed by atoms with Crippen LogP contribution in [0.5, 0.6) is 0 Å². The molecule has 0 bridgehead atoms. The Hall–Kier alpha value is -1.17. The third-order valence-corrected chi connectivity index (χ3v) is 3.22. The van der Waals surface area contributed by atoms with E-state index < -0.39 is 0 Å². The molecule has 1 aliphatic heterocycles. The van der Waals surface area contributed by atoms with Crippen molar-refractivity contribution in [2.45, 2.75) is 25.6 Å². The molecule has 5 heteroatoms. The van der Waals surface area contributed by atoms with Crippen molar-refractivity contribution < 1.29 is 14.9 Å². The van der Waals surface area contributed by atoms with Crippen molar-refractivity contribution in [2.24, 2.45) is 0 Å². The summed E-state index contributed by atoms with van der Waals surface area (Å²) in [4.78, 5) is 6.53. The molecule has 1 fully saturated rings. The van der Waals surface area contributed by atoms with E-state index in [1.807, 2.05) is 12.1 Å². The predicted octanol–water partition coefficient (Wildman–Crippen LogP) is 0.552. The van der Waals surface area contributed by atoms with Gasteiger partial charge in [0.15, 0.2) is 0 Å². The van der Waals surface area contributed by atoms with E-state index in [9.17, 15) is 5.11 Å². The zero-order valence-corrected chi connectivity index (χ0v) is 10.5. The molecule has 1 aromatic rings. The summed E-state index contributed by atoms with van der Waals surface area (Å²) >= 11 is 0. The van der Waals surface area contributed by atoms with Gasteiger partial charge in [0.25, 0.3) is 0 Å². The molecule has 0 aromatic carbocycles. The van der Waals surface area contributed by atoms with E-state index in [0.717, 1.165) is 37.3 Å². The zero-order chi connectivity index (χ0) is 12.8. The monoisotopic (exact) mass is 252 g/mol. The second-order valence-electron chi connectivity index (χ2n) is 4.43. The quantitative estimate of drug-likeness (QED) is 0.801. The summed E-state index contributed by atoms with van der Waals surface area (Å²) in [6, 6.07) is 3.74. The van der Waals surface area contributed by atoms with Gasteiger partial charge in [-0.1, -0.05) is 6.07 Å². The summed E-state index contributed by atoms with van der Waals surface area (Å²) in [5.41, 5.74) is 0.868. The van der Waals surface area contributed by atoms with Gasteiger partial charge < -0.3 is 19.8 Å². The Bertz CT molecular complexity index is 365. The van der Waals surface area contributed by atoms with Crippen molar-refractivity contribution in [3.8, 4) is 0 Å². The van der Waals surface area contributed by atoms with Crippen LogP contribution in [0.25, 0.3) is 0 Å². The van der Waals surface area contributed by atoms with Gasteiger partial charge in [-0.25, -0.2) is 4.98 Å². The number of aliphatic hydroxyl groups excluding tert-OH is 2. The van der Waals surface area contributed by atoms with Crippen LogP contribution in [-0.2, 0) is 11.3 Å². The van der Waals surface area contributed by atoms with E-state index in [-0.39, 0.29) is 19.3 Å². The molecule has 0 saturated carbocycles. The van der Waals surface area contributed by atoms with Gasteiger partial charge in [0.1, 0.15) is 5.82 Å². The molecular weight excluding hydrogens is 232 g/mol. The summed E-state index contributed by atoms with van der Waals surface area (Å²) in [7, 11) is 0. The van der Waals surface area contributed by atoms with Crippen LogP contribution in [-0.4, -0.2) is 47.6 Å². The lowest BCUT2D eigenvalue weighted by atomic mass is 10.1. The molecule has 100 valence electrons. The lowest BCUT2D eigenvalue weighted by molar-refractivity contribution is 0.0158. The van der Waals surface area contributed by atoms with Gasteiger partial charge >= 0.3 is 0 Å². The first kappa shape index (κ1) is 13.3. The van der Waals surface area contributed by atoms with E-state index in [2.05, 4.69) is 9.88 Å². The number of rotatable bonds is 5. The SMILES string of the molecule is OCCOC1CCN(c2ncccc2CO)CC1. The van der Waals surface area contributed by atoms with Crippen molar-refractivity contribution >= 4 is 5.82 Å². The Labute approximate surface area is 107 Å². The Morgan fingerprint density at radius 2 is 2.11 bits per heavy atom. The van der Waals surface area contributed by atoms with Crippen LogP contribution >= 0.6 is 0 Å². The molecule has 0 aliphatic carbocycles. The molecule has 5 nitrogen and oxygen atoms in total. The van der Waals surface area contributed by atoms with Crippen LogP contribution in [0, 0.1) is 0 Å². The molecule has 0 amide bonds. The number of ether oxygens (including phenoxy) is 1. The summed E-state index contributed by atoms with van der Waals surface area (Å²) in [6.07, 6.45) is 3.85. The molecule has 2 rings (SSSR count). The van der Waals surface area contributed by atoms with Crippen molar-refractivity contribution in [3.05, 3.63) is 23.9 Å². The van der Waals surface area contributed by atoms with Crippen LogP contribution in [0.4, 0.5) is 5.82 Å². The topological polar surface area (TPSA) is 65.8 Å². The fourth-order valence-electron chi connectivity index (χ4n) is 2.29. The van der Waals surface area contributed by atoms with E-state index in [1.165, 1.54) is 0 Å². The minimum atomic E-state index is 0.0180. The normalized spacial score (nSPS) is 17.1. The van der Waals surface area contributed by atoms with Crippen molar-refractivity contribution in [1.82, 2.24) is 4.98 Å². The fourth-order valence-corrected chi connectivity index (χ4v) is 2.29. The average molecular weight is 252 g/mol. The number of aromatic nitrogens is 1. The Kier molecular flexibility index (Phi) is 4.92. The summed E-state index contributed by atoms with van der Waals surface area (Å²) in [6.45, 7) is 2.26. The first-order valence-electron chi connectivity index (χ1n) is 6.37. The highest BCUT2D eigenvalue weighted by Gasteiger charge is 2.21. The van der Waals surface area contributed by atoms with Crippen LogP contribution in [0.15, 0.2) is 18.3 Å². The number of hydrogen-bond donors (Lipinski definition) is 2. The fraction of sp³-hybridized carbons (Fsp3) is 0.615. The summed E-state index contributed by atoms with van der Waals surface area (Å²) < 4.78 is 5.53. The molecule has 1 saturated heterocycles. The van der Waals surface area contributed by atoms with Gasteiger partial charge in [-0.05, 0) is 18.9 Å². The number of anilines is 1. The van der Waals surface area contributed by atoms with Gasteiger partial charge in [0, 0.05) is 24.8 Å². The molecule has 2 N–H and O–H groups in total. The number of hydrogen-bond acceptors (Lipinski definition) is 5. The number of piperidine rings is 1. The maximum absolute atomic E-state index is 9.30. The van der Waals surface area contributed by atoms with Crippen LogP contribution in [0.2, 0.25) is 0 Å². The van der Waals surface area contributed by atoms with Crippen LogP contribution < -0.4 is 4.90 Å². The maximum atomic E-state index is 9.30.